The van der Waals surface area contributed by atoms with Crippen molar-refractivity contribution in [1.29, 1.82) is 0 Å². The van der Waals surface area contributed by atoms with Crippen molar-refractivity contribution in [1.82, 2.24) is 19.6 Å². The van der Waals surface area contributed by atoms with Crippen molar-refractivity contribution in [2.75, 3.05) is 0 Å². The van der Waals surface area contributed by atoms with E-state index in [9.17, 15) is 5.11 Å². The average molecular weight is 240 g/mol. The monoisotopic (exact) mass is 240 g/mol. The Bertz CT molecular complexity index is 650. The number of hydrogen-bond acceptors (Lipinski definition) is 4. The average Bonchev–Trinajstić information content (AvgIpc) is 2.84. The standard InChI is InChI=1S/C13H12N4O/c18-13(7-10-1-3-14-4-2-10)11-8-16-17-6-5-15-9-12(11)17/h1-6,8-9,13,18H,7H2. The zero-order valence-corrected chi connectivity index (χ0v) is 9.64. The van der Waals surface area contributed by atoms with Crippen LogP contribution in [0, 0.1) is 0 Å². The van der Waals surface area contributed by atoms with Gasteiger partial charge in [-0.1, -0.05) is 0 Å². The zero-order chi connectivity index (χ0) is 12.4. The van der Waals surface area contributed by atoms with Gasteiger partial charge in [-0.25, -0.2) is 4.52 Å². The molecule has 5 nitrogen and oxygen atoms in total. The van der Waals surface area contributed by atoms with Gasteiger partial charge in [-0.05, 0) is 17.7 Å². The van der Waals surface area contributed by atoms with Crippen LogP contribution >= 0.6 is 0 Å². The Labute approximate surface area is 104 Å². The minimum Gasteiger partial charge on any atom is -0.388 e. The lowest BCUT2D eigenvalue weighted by Crippen LogP contribution is -2.01. The number of aromatic nitrogens is 4. The SMILES string of the molecule is OC(Cc1ccncc1)c1cnn2ccncc12. The molecule has 1 N–H and O–H groups in total. The van der Waals surface area contributed by atoms with E-state index in [1.54, 1.807) is 41.7 Å². The quantitative estimate of drug-likeness (QED) is 0.751. The van der Waals surface area contributed by atoms with Crippen LogP contribution in [0.2, 0.25) is 0 Å². The maximum Gasteiger partial charge on any atom is 0.0903 e. The van der Waals surface area contributed by atoms with E-state index in [1.807, 2.05) is 12.1 Å². The Morgan fingerprint density at radius 2 is 1.94 bits per heavy atom. The lowest BCUT2D eigenvalue weighted by molar-refractivity contribution is 0.180. The van der Waals surface area contributed by atoms with E-state index in [4.69, 9.17) is 0 Å². The van der Waals surface area contributed by atoms with Gasteiger partial charge in [0.15, 0.2) is 0 Å². The highest BCUT2D eigenvalue weighted by molar-refractivity contribution is 5.52. The number of fused-ring (bicyclic) bond motifs is 1. The van der Waals surface area contributed by atoms with Gasteiger partial charge in [0.1, 0.15) is 0 Å². The third-order valence-electron chi connectivity index (χ3n) is 2.89. The molecule has 0 amide bonds. The van der Waals surface area contributed by atoms with Crippen LogP contribution < -0.4 is 0 Å². The summed E-state index contributed by atoms with van der Waals surface area (Å²) < 4.78 is 1.71. The number of hydrogen-bond donors (Lipinski definition) is 1. The minimum atomic E-state index is -0.589. The van der Waals surface area contributed by atoms with E-state index in [2.05, 4.69) is 15.1 Å². The number of aliphatic hydroxyl groups excluding tert-OH is 1. The Balaban J connectivity index is 1.90. The van der Waals surface area contributed by atoms with Crippen LogP contribution in [0.15, 0.2) is 49.3 Å². The topological polar surface area (TPSA) is 63.3 Å². The molecule has 1 atom stereocenters. The molecule has 3 heterocycles. The second-order valence-electron chi connectivity index (χ2n) is 4.08. The summed E-state index contributed by atoms with van der Waals surface area (Å²) in [6, 6.07) is 3.79. The first-order chi connectivity index (χ1) is 8.84. The van der Waals surface area contributed by atoms with Crippen LogP contribution in [0.5, 0.6) is 0 Å². The van der Waals surface area contributed by atoms with Crippen LogP contribution in [-0.4, -0.2) is 24.7 Å². The van der Waals surface area contributed by atoms with E-state index in [0.29, 0.717) is 6.42 Å². The van der Waals surface area contributed by atoms with Gasteiger partial charge in [-0.3, -0.25) is 9.97 Å². The molecule has 18 heavy (non-hydrogen) atoms. The van der Waals surface area contributed by atoms with Gasteiger partial charge in [0.25, 0.3) is 0 Å². The van der Waals surface area contributed by atoms with Gasteiger partial charge in [0, 0.05) is 36.8 Å². The maximum atomic E-state index is 10.3. The molecule has 0 aliphatic rings. The largest absolute Gasteiger partial charge is 0.388 e. The van der Waals surface area contributed by atoms with Crippen molar-refractivity contribution < 1.29 is 5.11 Å². The molecule has 0 aromatic carbocycles. The van der Waals surface area contributed by atoms with E-state index in [0.717, 1.165) is 16.6 Å². The summed E-state index contributed by atoms with van der Waals surface area (Å²) in [6.07, 6.45) is 10.2. The molecule has 3 rings (SSSR count). The number of nitrogens with zero attached hydrogens (tertiary/aromatic N) is 4. The normalized spacial score (nSPS) is 12.7. The van der Waals surface area contributed by atoms with Crippen molar-refractivity contribution >= 4 is 5.52 Å². The van der Waals surface area contributed by atoms with E-state index in [-0.39, 0.29) is 0 Å². The van der Waals surface area contributed by atoms with Crippen LogP contribution in [0.3, 0.4) is 0 Å². The van der Waals surface area contributed by atoms with Gasteiger partial charge in [0.05, 0.1) is 24.0 Å². The lowest BCUT2D eigenvalue weighted by atomic mass is 10.0. The molecule has 0 aliphatic heterocycles. The summed E-state index contributed by atoms with van der Waals surface area (Å²) in [7, 11) is 0. The number of rotatable bonds is 3. The third kappa shape index (κ3) is 1.96. The van der Waals surface area contributed by atoms with Gasteiger partial charge < -0.3 is 5.11 Å². The van der Waals surface area contributed by atoms with Crippen molar-refractivity contribution in [3.63, 3.8) is 0 Å². The molecule has 0 saturated carbocycles. The lowest BCUT2D eigenvalue weighted by Gasteiger charge is -2.08. The highest BCUT2D eigenvalue weighted by Gasteiger charge is 2.14. The number of pyridine rings is 1. The van der Waals surface area contributed by atoms with Gasteiger partial charge in [-0.2, -0.15) is 5.10 Å². The summed E-state index contributed by atoms with van der Waals surface area (Å²) in [5.41, 5.74) is 2.67. The van der Waals surface area contributed by atoms with Gasteiger partial charge in [-0.15, -0.1) is 0 Å². The zero-order valence-electron chi connectivity index (χ0n) is 9.64. The molecule has 0 spiro atoms. The highest BCUT2D eigenvalue weighted by atomic mass is 16.3. The Hall–Kier alpha value is -2.27. The van der Waals surface area contributed by atoms with Crippen molar-refractivity contribution in [2.45, 2.75) is 12.5 Å². The van der Waals surface area contributed by atoms with E-state index in [1.165, 1.54) is 0 Å². The first kappa shape index (κ1) is 10.9. The molecule has 0 aliphatic carbocycles. The molecular formula is C13H12N4O. The molecule has 90 valence electrons. The van der Waals surface area contributed by atoms with E-state index >= 15 is 0 Å². The fourth-order valence-corrected chi connectivity index (χ4v) is 1.96. The van der Waals surface area contributed by atoms with Crippen LogP contribution in [-0.2, 0) is 6.42 Å². The third-order valence-corrected chi connectivity index (χ3v) is 2.89. The summed E-state index contributed by atoms with van der Waals surface area (Å²) in [5.74, 6) is 0. The fourth-order valence-electron chi connectivity index (χ4n) is 1.96. The first-order valence-electron chi connectivity index (χ1n) is 5.69. The molecule has 0 bridgehead atoms. The minimum absolute atomic E-state index is 0.540. The van der Waals surface area contributed by atoms with Crippen molar-refractivity contribution in [3.05, 3.63) is 60.4 Å². The molecule has 0 saturated heterocycles. The second-order valence-corrected chi connectivity index (χ2v) is 4.08. The predicted molar refractivity (Wildman–Crippen MR) is 65.9 cm³/mol. The number of aliphatic hydroxyl groups is 1. The summed E-state index contributed by atoms with van der Waals surface area (Å²) >= 11 is 0. The Morgan fingerprint density at radius 3 is 2.78 bits per heavy atom. The molecule has 5 heteroatoms. The van der Waals surface area contributed by atoms with E-state index < -0.39 is 6.10 Å². The van der Waals surface area contributed by atoms with Crippen LogP contribution in [0.4, 0.5) is 0 Å². The summed E-state index contributed by atoms with van der Waals surface area (Å²) in [4.78, 5) is 8.01. The molecule has 0 fully saturated rings. The molecule has 3 aromatic heterocycles. The smallest absolute Gasteiger partial charge is 0.0903 e. The van der Waals surface area contributed by atoms with Crippen molar-refractivity contribution in [2.24, 2.45) is 0 Å². The maximum absolute atomic E-state index is 10.3. The summed E-state index contributed by atoms with van der Waals surface area (Å²) in [5, 5.41) is 14.4. The molecule has 1 unspecified atom stereocenters. The van der Waals surface area contributed by atoms with Crippen molar-refractivity contribution in [3.8, 4) is 0 Å². The second kappa shape index (κ2) is 4.54. The Kier molecular flexibility index (Phi) is 2.74. The Morgan fingerprint density at radius 1 is 1.11 bits per heavy atom. The highest BCUT2D eigenvalue weighted by Crippen LogP contribution is 2.21. The first-order valence-corrected chi connectivity index (χ1v) is 5.69. The summed E-state index contributed by atoms with van der Waals surface area (Å²) in [6.45, 7) is 0. The van der Waals surface area contributed by atoms with Crippen LogP contribution in [0.25, 0.3) is 5.52 Å². The van der Waals surface area contributed by atoms with Gasteiger partial charge in [0.2, 0.25) is 0 Å². The fraction of sp³-hybridized carbons (Fsp3) is 0.154. The molecular weight excluding hydrogens is 228 g/mol. The predicted octanol–water partition coefficient (Wildman–Crippen LogP) is 1.40. The van der Waals surface area contributed by atoms with Crippen LogP contribution in [0.1, 0.15) is 17.2 Å². The molecule has 3 aromatic rings. The van der Waals surface area contributed by atoms with Gasteiger partial charge >= 0.3 is 0 Å². The molecule has 0 radical (unpaired) electrons.